The highest BCUT2D eigenvalue weighted by atomic mass is 35.5. The van der Waals surface area contributed by atoms with Crippen molar-refractivity contribution in [3.63, 3.8) is 0 Å². The molecule has 0 spiro atoms. The molecule has 1 aliphatic carbocycles. The van der Waals surface area contributed by atoms with E-state index in [2.05, 4.69) is 10.3 Å². The third kappa shape index (κ3) is 2.51. The SMILES string of the molecule is O=c1c2c(ncn1[C@H]1CCNC1)CC(c1c(O)ccc(Cl)c1Cl)C2. The van der Waals surface area contributed by atoms with Gasteiger partial charge in [-0.2, -0.15) is 0 Å². The van der Waals surface area contributed by atoms with Gasteiger partial charge in [-0.15, -0.1) is 0 Å². The molecule has 2 aromatic rings. The van der Waals surface area contributed by atoms with Crippen LogP contribution in [0.5, 0.6) is 5.75 Å². The van der Waals surface area contributed by atoms with E-state index in [4.69, 9.17) is 23.2 Å². The maximum absolute atomic E-state index is 12.8. The number of aromatic hydroxyl groups is 1. The van der Waals surface area contributed by atoms with Crippen LogP contribution in [0.4, 0.5) is 0 Å². The zero-order chi connectivity index (χ0) is 16.8. The third-order valence-electron chi connectivity index (χ3n) is 5.01. The summed E-state index contributed by atoms with van der Waals surface area (Å²) in [6, 6.07) is 3.28. The molecule has 0 saturated carbocycles. The van der Waals surface area contributed by atoms with Gasteiger partial charge in [-0.1, -0.05) is 23.2 Å². The van der Waals surface area contributed by atoms with Gasteiger partial charge in [0.05, 0.1) is 28.1 Å². The number of phenolic OH excluding ortho intramolecular Hbond substituents is 1. The van der Waals surface area contributed by atoms with Crippen LogP contribution in [-0.2, 0) is 12.8 Å². The van der Waals surface area contributed by atoms with E-state index in [1.807, 2.05) is 0 Å². The summed E-state index contributed by atoms with van der Waals surface area (Å²) in [6.45, 7) is 1.72. The first kappa shape index (κ1) is 15.9. The summed E-state index contributed by atoms with van der Waals surface area (Å²) in [5.41, 5.74) is 2.15. The average molecular weight is 366 g/mol. The molecule has 1 fully saturated rings. The Morgan fingerprint density at radius 3 is 2.88 bits per heavy atom. The van der Waals surface area contributed by atoms with Crippen LogP contribution in [0, 0.1) is 0 Å². The van der Waals surface area contributed by atoms with E-state index in [-0.39, 0.29) is 23.3 Å². The van der Waals surface area contributed by atoms with E-state index in [0.29, 0.717) is 28.5 Å². The van der Waals surface area contributed by atoms with Crippen LogP contribution in [0.15, 0.2) is 23.3 Å². The summed E-state index contributed by atoms with van der Waals surface area (Å²) in [5, 5.41) is 14.2. The fourth-order valence-electron chi connectivity index (χ4n) is 3.76. The number of rotatable bonds is 2. The van der Waals surface area contributed by atoms with Crippen molar-refractivity contribution >= 4 is 23.2 Å². The fourth-order valence-corrected chi connectivity index (χ4v) is 4.24. The Labute approximate surface area is 149 Å². The minimum absolute atomic E-state index is 0.0221. The van der Waals surface area contributed by atoms with E-state index < -0.39 is 0 Å². The molecule has 7 heteroatoms. The molecule has 24 heavy (non-hydrogen) atoms. The Morgan fingerprint density at radius 1 is 1.29 bits per heavy atom. The predicted octanol–water partition coefficient (Wildman–Crippen LogP) is 2.67. The molecule has 1 aromatic heterocycles. The Kier molecular flexibility index (Phi) is 4.03. The van der Waals surface area contributed by atoms with Gasteiger partial charge in [0, 0.05) is 17.7 Å². The second kappa shape index (κ2) is 6.06. The molecule has 1 aliphatic heterocycles. The van der Waals surface area contributed by atoms with Crippen LogP contribution >= 0.6 is 23.2 Å². The molecule has 1 unspecified atom stereocenters. The monoisotopic (exact) mass is 365 g/mol. The highest BCUT2D eigenvalue weighted by Crippen LogP contribution is 2.42. The average Bonchev–Trinajstić information content (AvgIpc) is 3.21. The lowest BCUT2D eigenvalue weighted by atomic mass is 9.95. The van der Waals surface area contributed by atoms with Crippen LogP contribution in [0.2, 0.25) is 10.0 Å². The number of nitrogens with zero attached hydrogens (tertiary/aromatic N) is 2. The van der Waals surface area contributed by atoms with E-state index in [1.165, 1.54) is 0 Å². The lowest BCUT2D eigenvalue weighted by Crippen LogP contribution is -2.29. The quantitative estimate of drug-likeness (QED) is 0.858. The first-order valence-corrected chi connectivity index (χ1v) is 8.78. The maximum atomic E-state index is 12.8. The molecule has 2 heterocycles. The number of halogens is 2. The summed E-state index contributed by atoms with van der Waals surface area (Å²) in [4.78, 5) is 17.3. The number of nitrogens with one attached hydrogen (secondary N) is 1. The maximum Gasteiger partial charge on any atom is 0.257 e. The lowest BCUT2D eigenvalue weighted by molar-refractivity contribution is 0.461. The first-order chi connectivity index (χ1) is 11.6. The molecule has 1 saturated heterocycles. The molecule has 5 nitrogen and oxygen atoms in total. The van der Waals surface area contributed by atoms with Crippen molar-refractivity contribution in [2.24, 2.45) is 0 Å². The molecule has 2 atom stereocenters. The molecule has 4 rings (SSSR count). The van der Waals surface area contributed by atoms with Crippen LogP contribution < -0.4 is 10.9 Å². The summed E-state index contributed by atoms with van der Waals surface area (Å²) in [5.74, 6) is 0.0338. The van der Waals surface area contributed by atoms with Crippen LogP contribution in [0.25, 0.3) is 0 Å². The normalized spacial score (nSPS) is 22.8. The summed E-state index contributed by atoms with van der Waals surface area (Å²) in [7, 11) is 0. The predicted molar refractivity (Wildman–Crippen MR) is 93.3 cm³/mol. The van der Waals surface area contributed by atoms with Crippen LogP contribution in [0.1, 0.15) is 35.2 Å². The van der Waals surface area contributed by atoms with E-state index in [0.717, 1.165) is 30.8 Å². The van der Waals surface area contributed by atoms with Gasteiger partial charge in [0.15, 0.2) is 0 Å². The number of benzene rings is 1. The summed E-state index contributed by atoms with van der Waals surface area (Å²) >= 11 is 12.4. The zero-order valence-corrected chi connectivity index (χ0v) is 14.4. The Balaban J connectivity index is 1.71. The second-order valence-corrected chi connectivity index (χ2v) is 7.21. The first-order valence-electron chi connectivity index (χ1n) is 8.02. The highest BCUT2D eigenvalue weighted by Gasteiger charge is 2.32. The molecule has 2 aliphatic rings. The van der Waals surface area contributed by atoms with Gasteiger partial charge in [0.25, 0.3) is 5.56 Å². The van der Waals surface area contributed by atoms with Crippen molar-refractivity contribution in [3.8, 4) is 5.75 Å². The third-order valence-corrected chi connectivity index (χ3v) is 5.83. The van der Waals surface area contributed by atoms with Gasteiger partial charge in [-0.25, -0.2) is 4.98 Å². The summed E-state index contributed by atoms with van der Waals surface area (Å²) < 4.78 is 1.74. The number of hydrogen-bond donors (Lipinski definition) is 2. The molecule has 0 amide bonds. The van der Waals surface area contributed by atoms with E-state index >= 15 is 0 Å². The number of fused-ring (bicyclic) bond motifs is 1. The Bertz CT molecular complexity index is 860. The van der Waals surface area contributed by atoms with Gasteiger partial charge >= 0.3 is 0 Å². The van der Waals surface area contributed by atoms with Gasteiger partial charge < -0.3 is 10.4 Å². The largest absolute Gasteiger partial charge is 0.508 e. The molecule has 0 radical (unpaired) electrons. The molecule has 1 aromatic carbocycles. The molecular formula is C17H17Cl2N3O2. The molecule has 2 N–H and O–H groups in total. The Hall–Kier alpha value is -1.56. The molecular weight excluding hydrogens is 349 g/mol. The van der Waals surface area contributed by atoms with Gasteiger partial charge in [0.1, 0.15) is 5.75 Å². The standard InChI is InChI=1S/C17H17Cl2N3O2/c18-12-1-2-14(23)15(16(12)19)9-5-11-13(6-9)21-8-22(17(11)24)10-3-4-20-7-10/h1-2,8-10,20,23H,3-7H2/t9?,10-/m0/s1. The minimum atomic E-state index is -0.0797. The number of hydrogen-bond acceptors (Lipinski definition) is 4. The van der Waals surface area contributed by atoms with Crippen molar-refractivity contribution in [2.45, 2.75) is 31.2 Å². The topological polar surface area (TPSA) is 67.2 Å². The van der Waals surface area contributed by atoms with Crippen LogP contribution in [-0.4, -0.2) is 27.7 Å². The van der Waals surface area contributed by atoms with Gasteiger partial charge in [0.2, 0.25) is 0 Å². The van der Waals surface area contributed by atoms with Crippen molar-refractivity contribution in [2.75, 3.05) is 13.1 Å². The number of phenols is 1. The van der Waals surface area contributed by atoms with E-state index in [1.54, 1.807) is 23.0 Å². The number of aromatic nitrogens is 2. The highest BCUT2D eigenvalue weighted by molar-refractivity contribution is 6.42. The van der Waals surface area contributed by atoms with E-state index in [9.17, 15) is 9.90 Å². The van der Waals surface area contributed by atoms with Crippen molar-refractivity contribution in [1.82, 2.24) is 14.9 Å². The summed E-state index contributed by atoms with van der Waals surface area (Å²) in [6.07, 6.45) is 3.70. The van der Waals surface area contributed by atoms with Crippen molar-refractivity contribution in [1.29, 1.82) is 0 Å². The zero-order valence-electron chi connectivity index (χ0n) is 12.9. The minimum Gasteiger partial charge on any atom is -0.508 e. The van der Waals surface area contributed by atoms with Crippen molar-refractivity contribution in [3.05, 3.63) is 55.7 Å². The van der Waals surface area contributed by atoms with Gasteiger partial charge in [-0.05, 0) is 43.9 Å². The van der Waals surface area contributed by atoms with Crippen molar-refractivity contribution < 1.29 is 5.11 Å². The molecule has 0 bridgehead atoms. The smallest absolute Gasteiger partial charge is 0.257 e. The van der Waals surface area contributed by atoms with Crippen LogP contribution in [0.3, 0.4) is 0 Å². The lowest BCUT2D eigenvalue weighted by Gasteiger charge is -2.14. The van der Waals surface area contributed by atoms with Gasteiger partial charge in [-0.3, -0.25) is 9.36 Å². The molecule has 126 valence electrons. The second-order valence-electron chi connectivity index (χ2n) is 6.43. The Morgan fingerprint density at radius 2 is 2.12 bits per heavy atom. The fraction of sp³-hybridized carbons (Fsp3) is 0.412.